The molecule has 0 saturated heterocycles. The van der Waals surface area contributed by atoms with Crippen LogP contribution in [-0.2, 0) is 0 Å². The van der Waals surface area contributed by atoms with Gasteiger partial charge in [0, 0.05) is 12.4 Å². The molecule has 84 valence electrons. The maximum atomic E-state index is 5.45. The Balaban J connectivity index is 2.19. The molecule has 0 radical (unpaired) electrons. The second-order valence-electron chi connectivity index (χ2n) is 3.29. The van der Waals surface area contributed by atoms with Crippen LogP contribution in [0.5, 0.6) is 0 Å². The van der Waals surface area contributed by atoms with E-state index in [1.54, 1.807) is 23.1 Å². The number of hydrogen-bond donors (Lipinski definition) is 1. The van der Waals surface area contributed by atoms with E-state index >= 15 is 0 Å². The lowest BCUT2D eigenvalue weighted by Crippen LogP contribution is -2.12. The molecule has 0 aliphatic rings. The molecule has 7 nitrogen and oxygen atoms in total. The summed E-state index contributed by atoms with van der Waals surface area (Å²) >= 11 is 4.81. The van der Waals surface area contributed by atoms with Crippen molar-refractivity contribution < 1.29 is 0 Å². The molecule has 3 rings (SSSR count). The van der Waals surface area contributed by atoms with Gasteiger partial charge in [-0.05, 0) is 6.07 Å². The molecule has 0 amide bonds. The van der Waals surface area contributed by atoms with Gasteiger partial charge < -0.3 is 5.73 Å². The van der Waals surface area contributed by atoms with Crippen LogP contribution in [0.4, 0.5) is 0 Å². The molecular formula is C9H7N7S. The number of rotatable bonds is 2. The fourth-order valence-corrected chi connectivity index (χ4v) is 1.59. The van der Waals surface area contributed by atoms with Gasteiger partial charge in [-0.2, -0.15) is 9.78 Å². The summed E-state index contributed by atoms with van der Waals surface area (Å²) < 4.78 is 3.22. The first-order chi connectivity index (χ1) is 8.25. The molecule has 2 N–H and O–H groups in total. The summed E-state index contributed by atoms with van der Waals surface area (Å²) in [5.41, 5.74) is 6.28. The van der Waals surface area contributed by atoms with Crippen molar-refractivity contribution in [3.05, 3.63) is 36.8 Å². The Labute approximate surface area is 101 Å². The first kappa shape index (κ1) is 9.85. The van der Waals surface area contributed by atoms with Gasteiger partial charge in [0.1, 0.15) is 16.8 Å². The number of fused-ring (bicyclic) bond motifs is 1. The fourth-order valence-electron chi connectivity index (χ4n) is 1.50. The maximum Gasteiger partial charge on any atom is 0.208 e. The van der Waals surface area contributed by atoms with Gasteiger partial charge in [0.15, 0.2) is 5.82 Å². The average Bonchev–Trinajstić information content (AvgIpc) is 2.97. The Morgan fingerprint density at radius 2 is 2.18 bits per heavy atom. The van der Waals surface area contributed by atoms with Crippen molar-refractivity contribution in [3.63, 3.8) is 0 Å². The predicted octanol–water partition coefficient (Wildman–Crippen LogP) is -0.0558. The van der Waals surface area contributed by atoms with Gasteiger partial charge >= 0.3 is 0 Å². The van der Waals surface area contributed by atoms with Crippen molar-refractivity contribution >= 4 is 22.7 Å². The van der Waals surface area contributed by atoms with Crippen molar-refractivity contribution in [3.8, 4) is 5.82 Å². The Hall–Kier alpha value is -2.35. The molecule has 0 bridgehead atoms. The van der Waals surface area contributed by atoms with Crippen molar-refractivity contribution in [2.75, 3.05) is 0 Å². The van der Waals surface area contributed by atoms with E-state index in [0.29, 0.717) is 11.6 Å². The molecule has 3 aromatic heterocycles. The number of nitrogens with zero attached hydrogens (tertiary/aromatic N) is 6. The van der Waals surface area contributed by atoms with E-state index in [0.717, 1.165) is 5.52 Å². The Kier molecular flexibility index (Phi) is 2.08. The lowest BCUT2D eigenvalue weighted by Gasteiger charge is -2.00. The lowest BCUT2D eigenvalue weighted by molar-refractivity contribution is 0.828. The molecule has 17 heavy (non-hydrogen) atoms. The van der Waals surface area contributed by atoms with Gasteiger partial charge in [-0.3, -0.25) is 0 Å². The van der Waals surface area contributed by atoms with E-state index in [4.69, 9.17) is 18.0 Å². The van der Waals surface area contributed by atoms with E-state index in [2.05, 4.69) is 20.2 Å². The minimum absolute atomic E-state index is 0.157. The molecule has 0 aliphatic heterocycles. The summed E-state index contributed by atoms with van der Waals surface area (Å²) in [6.45, 7) is 0. The summed E-state index contributed by atoms with van der Waals surface area (Å²) in [7, 11) is 0. The predicted molar refractivity (Wildman–Crippen MR) is 63.8 cm³/mol. The van der Waals surface area contributed by atoms with Crippen LogP contribution in [-0.4, -0.2) is 34.4 Å². The van der Waals surface area contributed by atoms with Crippen LogP contribution in [0.2, 0.25) is 0 Å². The van der Waals surface area contributed by atoms with Gasteiger partial charge in [-0.15, -0.1) is 5.10 Å². The highest BCUT2D eigenvalue weighted by molar-refractivity contribution is 7.80. The van der Waals surface area contributed by atoms with Crippen LogP contribution in [0.1, 0.15) is 5.82 Å². The number of thiocarbonyl (C=S) groups is 1. The molecule has 0 saturated carbocycles. The largest absolute Gasteiger partial charge is 0.387 e. The van der Waals surface area contributed by atoms with Crippen LogP contribution < -0.4 is 5.73 Å². The highest BCUT2D eigenvalue weighted by atomic mass is 32.1. The first-order valence-electron chi connectivity index (χ1n) is 4.76. The van der Waals surface area contributed by atoms with E-state index in [1.807, 2.05) is 6.07 Å². The van der Waals surface area contributed by atoms with Gasteiger partial charge in [0.05, 0.1) is 6.20 Å². The second-order valence-corrected chi connectivity index (χ2v) is 3.73. The van der Waals surface area contributed by atoms with Crippen molar-refractivity contribution in [2.24, 2.45) is 5.73 Å². The number of hydrogen-bond acceptors (Lipinski definition) is 5. The smallest absolute Gasteiger partial charge is 0.208 e. The molecule has 0 aliphatic carbocycles. The van der Waals surface area contributed by atoms with Gasteiger partial charge in [-0.25, -0.2) is 14.5 Å². The Morgan fingerprint density at radius 3 is 2.94 bits per heavy atom. The third kappa shape index (κ3) is 1.54. The monoisotopic (exact) mass is 245 g/mol. The molecule has 0 aromatic carbocycles. The average molecular weight is 245 g/mol. The van der Waals surface area contributed by atoms with E-state index < -0.39 is 0 Å². The van der Waals surface area contributed by atoms with Crippen molar-refractivity contribution in [1.82, 2.24) is 29.4 Å². The van der Waals surface area contributed by atoms with E-state index in [1.165, 1.54) is 11.0 Å². The van der Waals surface area contributed by atoms with Crippen LogP contribution in [0, 0.1) is 0 Å². The molecule has 0 spiro atoms. The molecule has 0 fully saturated rings. The zero-order valence-corrected chi connectivity index (χ0v) is 9.37. The molecule has 0 unspecified atom stereocenters. The molecule has 3 aromatic rings. The number of aromatic nitrogens is 6. The minimum atomic E-state index is 0.157. The Morgan fingerprint density at radius 1 is 1.29 bits per heavy atom. The fraction of sp³-hybridized carbons (Fsp3) is 0. The van der Waals surface area contributed by atoms with Gasteiger partial charge in [0.25, 0.3) is 0 Å². The summed E-state index contributed by atoms with van der Waals surface area (Å²) in [6, 6.07) is 1.84. The molecule has 8 heteroatoms. The third-order valence-corrected chi connectivity index (χ3v) is 2.42. The van der Waals surface area contributed by atoms with Crippen LogP contribution in [0.15, 0.2) is 31.0 Å². The maximum absolute atomic E-state index is 5.45. The van der Waals surface area contributed by atoms with Gasteiger partial charge in [0.2, 0.25) is 5.82 Å². The third-order valence-electron chi connectivity index (χ3n) is 2.23. The van der Waals surface area contributed by atoms with E-state index in [-0.39, 0.29) is 4.99 Å². The molecule has 0 atom stereocenters. The number of nitrogens with two attached hydrogens (primary N) is 1. The Bertz CT molecular complexity index is 698. The quantitative estimate of drug-likeness (QED) is 0.637. The SMILES string of the molecule is NC(=S)c1ncn(-c2nccn3nccc23)n1. The zero-order chi connectivity index (χ0) is 11.8. The van der Waals surface area contributed by atoms with Crippen molar-refractivity contribution in [2.45, 2.75) is 0 Å². The summed E-state index contributed by atoms with van der Waals surface area (Å²) in [5.74, 6) is 0.948. The summed E-state index contributed by atoms with van der Waals surface area (Å²) in [6.07, 6.45) is 6.59. The minimum Gasteiger partial charge on any atom is -0.387 e. The van der Waals surface area contributed by atoms with E-state index in [9.17, 15) is 0 Å². The van der Waals surface area contributed by atoms with Crippen LogP contribution in [0.3, 0.4) is 0 Å². The highest BCUT2D eigenvalue weighted by Gasteiger charge is 2.09. The standard InChI is InChI=1S/C9H7N7S/c10-7(17)8-12-5-16(14-8)9-6-1-2-13-15(6)4-3-11-9/h1-5H,(H2,10,17). The molecule has 3 heterocycles. The zero-order valence-electron chi connectivity index (χ0n) is 8.56. The first-order valence-corrected chi connectivity index (χ1v) is 5.17. The molecular weight excluding hydrogens is 238 g/mol. The summed E-state index contributed by atoms with van der Waals surface area (Å²) in [5, 5.41) is 8.26. The normalized spacial score (nSPS) is 10.8. The highest BCUT2D eigenvalue weighted by Crippen LogP contribution is 2.10. The topological polar surface area (TPSA) is 86.9 Å². The van der Waals surface area contributed by atoms with Crippen LogP contribution in [0.25, 0.3) is 11.3 Å². The van der Waals surface area contributed by atoms with Crippen molar-refractivity contribution in [1.29, 1.82) is 0 Å². The van der Waals surface area contributed by atoms with Crippen LogP contribution >= 0.6 is 12.2 Å². The van der Waals surface area contributed by atoms with Gasteiger partial charge in [-0.1, -0.05) is 12.2 Å². The lowest BCUT2D eigenvalue weighted by atomic mass is 10.5. The summed E-state index contributed by atoms with van der Waals surface area (Å²) in [4.78, 5) is 8.39. The second kappa shape index (κ2) is 3.59.